The minimum absolute atomic E-state index is 0.164. The Morgan fingerprint density at radius 1 is 1.15 bits per heavy atom. The van der Waals surface area contributed by atoms with E-state index in [0.29, 0.717) is 49.7 Å². The number of ketones is 1. The van der Waals surface area contributed by atoms with Gasteiger partial charge in [-0.05, 0) is 65.9 Å². The van der Waals surface area contributed by atoms with Crippen LogP contribution in [0.1, 0.15) is 92.9 Å². The molecule has 4 aliphatic rings. The van der Waals surface area contributed by atoms with Gasteiger partial charge in [-0.3, -0.25) is 9.59 Å². The van der Waals surface area contributed by atoms with Crippen molar-refractivity contribution in [2.24, 2.45) is 33.5 Å². The predicted octanol–water partition coefficient (Wildman–Crippen LogP) is 5.67. The summed E-state index contributed by atoms with van der Waals surface area (Å²) in [5.41, 5.74) is 1.50. The van der Waals surface area contributed by atoms with E-state index in [1.807, 2.05) is 13.8 Å². The first kappa shape index (κ1) is 24.5. The molecule has 5 heteroatoms. The van der Waals surface area contributed by atoms with Crippen LogP contribution in [-0.2, 0) is 14.3 Å². The van der Waals surface area contributed by atoms with Crippen LogP contribution in [0.5, 0.6) is 0 Å². The molecule has 4 aliphatic carbocycles. The molecule has 6 atom stereocenters. The fourth-order valence-electron chi connectivity index (χ4n) is 8.62. The Morgan fingerprint density at radius 3 is 2.45 bits per heavy atom. The fourth-order valence-corrected chi connectivity index (χ4v) is 8.62. The maximum absolute atomic E-state index is 14.0. The summed E-state index contributed by atoms with van der Waals surface area (Å²) in [6.07, 6.45) is 4.92. The van der Waals surface area contributed by atoms with E-state index < -0.39 is 16.9 Å². The highest BCUT2D eigenvalue weighted by Gasteiger charge is 2.65. The minimum Gasteiger partial charge on any atom is -0.512 e. The lowest BCUT2D eigenvalue weighted by Crippen LogP contribution is -2.53. The van der Waals surface area contributed by atoms with Crippen molar-refractivity contribution in [2.45, 2.75) is 99.0 Å². The molecule has 0 aromatic rings. The smallest absolute Gasteiger partial charge is 0.305 e. The zero-order valence-corrected chi connectivity index (χ0v) is 21.5. The van der Waals surface area contributed by atoms with E-state index in [1.54, 1.807) is 0 Å². The summed E-state index contributed by atoms with van der Waals surface area (Å²) in [7, 11) is 1.43. The summed E-state index contributed by atoms with van der Waals surface area (Å²) in [6, 6.07) is 0. The van der Waals surface area contributed by atoms with E-state index in [1.165, 1.54) is 7.11 Å². The van der Waals surface area contributed by atoms with Crippen molar-refractivity contribution in [1.29, 1.82) is 0 Å². The second kappa shape index (κ2) is 7.69. The molecule has 0 bridgehead atoms. The third-order valence-corrected chi connectivity index (χ3v) is 10.7. The summed E-state index contributed by atoms with van der Waals surface area (Å²) >= 11 is 0. The first-order chi connectivity index (χ1) is 15.2. The van der Waals surface area contributed by atoms with E-state index in [2.05, 4.69) is 27.7 Å². The molecule has 2 N–H and O–H groups in total. The topological polar surface area (TPSA) is 83.8 Å². The van der Waals surface area contributed by atoms with Crippen LogP contribution in [0.2, 0.25) is 0 Å². The standard InChI is InChI=1S/C28H42O5/c1-16(8-9-22(32)33-7)17-10-13-27(5)18-14-19(29)24-25(2,3)21(31)11-12-26(24,4)23(18)20(30)15-28(17,27)6/h16-17,21,29,31H,8-15H2,1-7H3/t16-,17-,21-,26+,27+,28+/m0/s1. The van der Waals surface area contributed by atoms with Gasteiger partial charge in [0.2, 0.25) is 0 Å². The van der Waals surface area contributed by atoms with Gasteiger partial charge < -0.3 is 14.9 Å². The zero-order valence-electron chi connectivity index (χ0n) is 21.5. The quantitative estimate of drug-likeness (QED) is 0.530. The lowest BCUT2D eigenvalue weighted by atomic mass is 9.45. The Kier molecular flexibility index (Phi) is 5.71. The summed E-state index contributed by atoms with van der Waals surface area (Å²) in [5.74, 6) is 1.06. The zero-order chi connectivity index (χ0) is 24.6. The summed E-state index contributed by atoms with van der Waals surface area (Å²) in [5, 5.41) is 22.1. The Labute approximate surface area is 198 Å². The molecule has 4 rings (SSSR count). The van der Waals surface area contributed by atoms with Gasteiger partial charge in [0.1, 0.15) is 0 Å². The van der Waals surface area contributed by atoms with Gasteiger partial charge in [-0.15, -0.1) is 0 Å². The van der Waals surface area contributed by atoms with Crippen LogP contribution in [0.4, 0.5) is 0 Å². The average Bonchev–Trinajstić information content (AvgIpc) is 3.00. The molecule has 184 valence electrons. The second-order valence-electron chi connectivity index (χ2n) is 12.5. The minimum atomic E-state index is -0.557. The van der Waals surface area contributed by atoms with Crippen molar-refractivity contribution < 1.29 is 24.5 Å². The van der Waals surface area contributed by atoms with Gasteiger partial charge in [-0.1, -0.05) is 41.5 Å². The number of aliphatic hydroxyl groups is 2. The highest BCUT2D eigenvalue weighted by Crippen LogP contribution is 2.71. The van der Waals surface area contributed by atoms with E-state index in [9.17, 15) is 19.8 Å². The Balaban J connectivity index is 1.75. The summed E-state index contributed by atoms with van der Waals surface area (Å²) in [6.45, 7) is 12.9. The lowest BCUT2D eigenvalue weighted by molar-refractivity contribution is -0.141. The molecule has 0 radical (unpaired) electrons. The van der Waals surface area contributed by atoms with Crippen LogP contribution in [0.15, 0.2) is 22.5 Å². The van der Waals surface area contributed by atoms with Crippen LogP contribution < -0.4 is 0 Å². The van der Waals surface area contributed by atoms with Crippen LogP contribution in [0.25, 0.3) is 0 Å². The van der Waals surface area contributed by atoms with Gasteiger partial charge in [0.05, 0.1) is 19.0 Å². The predicted molar refractivity (Wildman–Crippen MR) is 127 cm³/mol. The number of hydrogen-bond donors (Lipinski definition) is 2. The molecular formula is C28H42O5. The molecule has 0 aliphatic heterocycles. The monoisotopic (exact) mass is 458 g/mol. The molecule has 2 saturated carbocycles. The number of rotatable bonds is 4. The Morgan fingerprint density at radius 2 is 1.82 bits per heavy atom. The third kappa shape index (κ3) is 3.20. The second-order valence-corrected chi connectivity index (χ2v) is 12.5. The first-order valence-corrected chi connectivity index (χ1v) is 12.7. The van der Waals surface area contributed by atoms with Crippen molar-refractivity contribution in [3.8, 4) is 0 Å². The Hall–Kier alpha value is -1.62. The number of methoxy groups -OCH3 is 1. The molecule has 0 saturated heterocycles. The summed E-state index contributed by atoms with van der Waals surface area (Å²) < 4.78 is 4.85. The highest BCUT2D eigenvalue weighted by atomic mass is 16.5. The van der Waals surface area contributed by atoms with Gasteiger partial charge in [-0.2, -0.15) is 0 Å². The molecule has 0 heterocycles. The number of Topliss-reactive ketones (excluding diaryl/α,β-unsaturated/α-hetero) is 1. The molecule has 33 heavy (non-hydrogen) atoms. The van der Waals surface area contributed by atoms with E-state index in [-0.39, 0.29) is 22.6 Å². The largest absolute Gasteiger partial charge is 0.512 e. The maximum atomic E-state index is 14.0. The van der Waals surface area contributed by atoms with Crippen molar-refractivity contribution in [2.75, 3.05) is 7.11 Å². The number of hydrogen-bond acceptors (Lipinski definition) is 5. The number of aliphatic hydroxyl groups excluding tert-OH is 2. The maximum Gasteiger partial charge on any atom is 0.305 e. The van der Waals surface area contributed by atoms with Crippen molar-refractivity contribution in [3.05, 3.63) is 22.5 Å². The number of ether oxygens (including phenoxy) is 1. The van der Waals surface area contributed by atoms with Crippen LogP contribution in [-0.4, -0.2) is 35.2 Å². The lowest BCUT2D eigenvalue weighted by Gasteiger charge is -2.58. The SMILES string of the molecule is COC(=O)CC[C@H](C)[C@@H]1CC[C@]2(C)C3=C(C(=O)C[C@]12C)[C@@]1(C)CC[C@H](O)C(C)(C)C1=C(O)C3. The van der Waals surface area contributed by atoms with Crippen LogP contribution >= 0.6 is 0 Å². The molecule has 0 aromatic carbocycles. The van der Waals surface area contributed by atoms with Gasteiger partial charge in [0.25, 0.3) is 0 Å². The Bertz CT molecular complexity index is 942. The molecule has 0 aromatic heterocycles. The van der Waals surface area contributed by atoms with Gasteiger partial charge >= 0.3 is 5.97 Å². The number of allylic oxidation sites excluding steroid dienone is 2. The van der Waals surface area contributed by atoms with Crippen LogP contribution in [0, 0.1) is 33.5 Å². The molecule has 0 spiro atoms. The number of carbonyl (C=O) groups is 2. The molecule has 5 nitrogen and oxygen atoms in total. The molecule has 0 unspecified atom stereocenters. The van der Waals surface area contributed by atoms with E-state index >= 15 is 0 Å². The molecule has 0 amide bonds. The fraction of sp³-hybridized carbons (Fsp3) is 0.786. The number of fused-ring (bicyclic) bond motifs is 4. The first-order valence-electron chi connectivity index (χ1n) is 12.7. The van der Waals surface area contributed by atoms with E-state index in [0.717, 1.165) is 36.0 Å². The van der Waals surface area contributed by atoms with Crippen molar-refractivity contribution >= 4 is 11.8 Å². The van der Waals surface area contributed by atoms with Gasteiger partial charge in [0, 0.05) is 35.7 Å². The van der Waals surface area contributed by atoms with Crippen LogP contribution in [0.3, 0.4) is 0 Å². The number of esters is 1. The normalized spacial score (nSPS) is 40.8. The average molecular weight is 459 g/mol. The van der Waals surface area contributed by atoms with Gasteiger partial charge in [-0.25, -0.2) is 0 Å². The highest BCUT2D eigenvalue weighted by molar-refractivity contribution is 6.00. The molecule has 2 fully saturated rings. The van der Waals surface area contributed by atoms with E-state index in [4.69, 9.17) is 4.74 Å². The van der Waals surface area contributed by atoms with Gasteiger partial charge in [0.15, 0.2) is 5.78 Å². The molecular weight excluding hydrogens is 416 g/mol. The number of carbonyl (C=O) groups excluding carboxylic acids is 2. The van der Waals surface area contributed by atoms with Crippen molar-refractivity contribution in [3.63, 3.8) is 0 Å². The summed E-state index contributed by atoms with van der Waals surface area (Å²) in [4.78, 5) is 25.7. The van der Waals surface area contributed by atoms with Crippen molar-refractivity contribution in [1.82, 2.24) is 0 Å². The third-order valence-electron chi connectivity index (χ3n) is 10.7.